The molecule has 0 aromatic heterocycles. The Balaban J connectivity index is 1.51. The minimum atomic E-state index is 0.0226. The fourth-order valence-electron chi connectivity index (χ4n) is 6.27. The van der Waals surface area contributed by atoms with E-state index in [9.17, 15) is 4.79 Å². The third-order valence-electron chi connectivity index (χ3n) is 6.70. The predicted octanol–water partition coefficient (Wildman–Crippen LogP) is 0.194. The molecule has 0 aromatic rings. The summed E-state index contributed by atoms with van der Waals surface area (Å²) in [5.41, 5.74) is 0.408. The lowest BCUT2D eigenvalue weighted by atomic mass is 9.53. The number of hydrogen-bond acceptors (Lipinski definition) is 1. The highest BCUT2D eigenvalue weighted by Crippen LogP contribution is 2.55. The van der Waals surface area contributed by atoms with Gasteiger partial charge in [0.05, 0.1) is 32.6 Å². The van der Waals surface area contributed by atoms with E-state index in [1.54, 1.807) is 0 Å². The van der Waals surface area contributed by atoms with Crippen molar-refractivity contribution in [1.82, 2.24) is 5.32 Å². The Bertz CT molecular complexity index is 436. The van der Waals surface area contributed by atoms with Crippen LogP contribution in [0.3, 0.4) is 0 Å². The summed E-state index contributed by atoms with van der Waals surface area (Å²) in [6, 6.07) is 0.0226. The zero-order valence-corrected chi connectivity index (χ0v) is 16.5. The van der Waals surface area contributed by atoms with E-state index in [1.165, 1.54) is 43.4 Å². The maximum Gasteiger partial charge on any atom is 0.278 e. The Kier molecular flexibility index (Phi) is 5.00. The van der Waals surface area contributed by atoms with Gasteiger partial charge in [0, 0.05) is 5.54 Å². The van der Waals surface area contributed by atoms with Crippen LogP contribution in [0.2, 0.25) is 0 Å². The van der Waals surface area contributed by atoms with Crippen molar-refractivity contribution < 1.29 is 15.0 Å². The van der Waals surface area contributed by atoms with Crippen LogP contribution in [-0.4, -0.2) is 44.7 Å². The van der Waals surface area contributed by atoms with E-state index >= 15 is 0 Å². The van der Waals surface area contributed by atoms with Gasteiger partial charge in [0.1, 0.15) is 0 Å². The molecule has 4 heteroatoms. The van der Waals surface area contributed by atoms with Crippen LogP contribution in [0, 0.1) is 23.2 Å². The highest BCUT2D eigenvalue weighted by Gasteiger charge is 2.51. The highest BCUT2D eigenvalue weighted by atomic mass is 16.2. The lowest BCUT2D eigenvalue weighted by Crippen LogP contribution is -3.08. The number of carbonyl (C=O) groups excluding carboxylic acids is 1. The molecule has 4 saturated carbocycles. The van der Waals surface area contributed by atoms with E-state index in [4.69, 9.17) is 0 Å². The second-order valence-corrected chi connectivity index (χ2v) is 10.5. The molecular weight excluding hydrogens is 298 g/mol. The SMILES string of the molecule is C[C@@H]([NH2+]CC(C)(C)C[NH+](C)C)C(=O)NC12CC3CC(CC(C3)C1)C2. The summed E-state index contributed by atoms with van der Waals surface area (Å²) in [6.45, 7) is 8.83. The lowest BCUT2D eigenvalue weighted by Gasteiger charge is -2.57. The van der Waals surface area contributed by atoms with Crippen LogP contribution >= 0.6 is 0 Å². The lowest BCUT2D eigenvalue weighted by molar-refractivity contribution is -0.868. The number of amides is 1. The molecule has 0 saturated heterocycles. The van der Waals surface area contributed by atoms with Crippen LogP contribution in [0.4, 0.5) is 0 Å². The topological polar surface area (TPSA) is 50.2 Å². The molecule has 4 N–H and O–H groups in total. The summed E-state index contributed by atoms with van der Waals surface area (Å²) in [7, 11) is 4.40. The summed E-state index contributed by atoms with van der Waals surface area (Å²) in [5, 5.41) is 5.77. The Morgan fingerprint density at radius 3 is 2.12 bits per heavy atom. The molecule has 138 valence electrons. The van der Waals surface area contributed by atoms with Crippen molar-refractivity contribution in [2.75, 3.05) is 27.2 Å². The summed E-state index contributed by atoms with van der Waals surface area (Å²) >= 11 is 0. The van der Waals surface area contributed by atoms with Crippen LogP contribution in [0.15, 0.2) is 0 Å². The second-order valence-electron chi connectivity index (χ2n) is 10.5. The second kappa shape index (κ2) is 6.60. The van der Waals surface area contributed by atoms with Crippen molar-refractivity contribution >= 4 is 5.91 Å². The fourth-order valence-corrected chi connectivity index (χ4v) is 6.27. The summed E-state index contributed by atoms with van der Waals surface area (Å²) in [6.07, 6.45) is 8.01. The third kappa shape index (κ3) is 4.13. The van der Waals surface area contributed by atoms with Gasteiger partial charge in [-0.25, -0.2) is 0 Å². The molecule has 4 fully saturated rings. The minimum absolute atomic E-state index is 0.0226. The van der Waals surface area contributed by atoms with Gasteiger partial charge in [-0.3, -0.25) is 4.79 Å². The van der Waals surface area contributed by atoms with Crippen molar-refractivity contribution in [3.05, 3.63) is 0 Å². The summed E-state index contributed by atoms with van der Waals surface area (Å²) in [4.78, 5) is 14.3. The zero-order chi connectivity index (χ0) is 17.5. The van der Waals surface area contributed by atoms with E-state index < -0.39 is 0 Å². The quantitative estimate of drug-likeness (QED) is 0.610. The van der Waals surface area contributed by atoms with Gasteiger partial charge in [0.2, 0.25) is 0 Å². The van der Waals surface area contributed by atoms with E-state index in [0.717, 1.165) is 30.8 Å². The molecule has 0 heterocycles. The van der Waals surface area contributed by atoms with Gasteiger partial charge in [-0.05, 0) is 77.0 Å². The molecule has 0 aromatic carbocycles. The maximum atomic E-state index is 12.8. The Hall–Kier alpha value is -0.610. The van der Waals surface area contributed by atoms with Gasteiger partial charge >= 0.3 is 0 Å². The molecule has 4 bridgehead atoms. The average Bonchev–Trinajstić information content (AvgIpc) is 2.41. The Morgan fingerprint density at radius 2 is 1.67 bits per heavy atom. The molecule has 1 atom stereocenters. The first-order valence-corrected chi connectivity index (χ1v) is 10.1. The van der Waals surface area contributed by atoms with Gasteiger partial charge in [-0.15, -0.1) is 0 Å². The summed E-state index contributed by atoms with van der Waals surface area (Å²) < 4.78 is 0. The van der Waals surface area contributed by atoms with E-state index in [2.05, 4.69) is 45.5 Å². The van der Waals surface area contributed by atoms with Crippen LogP contribution in [0.5, 0.6) is 0 Å². The minimum Gasteiger partial charge on any atom is -0.345 e. The van der Waals surface area contributed by atoms with E-state index in [0.29, 0.717) is 0 Å². The molecule has 4 aliphatic carbocycles. The smallest absolute Gasteiger partial charge is 0.278 e. The van der Waals surface area contributed by atoms with Gasteiger partial charge in [0.15, 0.2) is 6.04 Å². The molecule has 0 aliphatic heterocycles. The number of hydrogen-bond donors (Lipinski definition) is 3. The Labute approximate surface area is 148 Å². The molecule has 24 heavy (non-hydrogen) atoms. The van der Waals surface area contributed by atoms with Crippen LogP contribution in [0.1, 0.15) is 59.3 Å². The first-order chi connectivity index (χ1) is 11.2. The largest absolute Gasteiger partial charge is 0.345 e. The molecule has 4 aliphatic rings. The molecule has 1 amide bonds. The van der Waals surface area contributed by atoms with Crippen molar-refractivity contribution in [1.29, 1.82) is 0 Å². The van der Waals surface area contributed by atoms with Crippen molar-refractivity contribution in [3.63, 3.8) is 0 Å². The van der Waals surface area contributed by atoms with Crippen LogP contribution in [0.25, 0.3) is 0 Å². The van der Waals surface area contributed by atoms with Crippen molar-refractivity contribution in [2.45, 2.75) is 70.9 Å². The van der Waals surface area contributed by atoms with Crippen LogP contribution < -0.4 is 15.5 Å². The van der Waals surface area contributed by atoms with E-state index in [-0.39, 0.29) is 22.9 Å². The standard InChI is InChI=1S/C20H37N3O/c1-14(21-12-19(2,3)13-23(4)5)18(24)22-20-9-15-6-16(10-20)8-17(7-15)11-20/h14-17,21H,6-13H2,1-5H3,(H,22,24)/p+2/t14-,15?,16?,17?,20?/m1/s1. The first-order valence-electron chi connectivity index (χ1n) is 10.1. The molecule has 4 rings (SSSR count). The molecule has 0 radical (unpaired) electrons. The highest BCUT2D eigenvalue weighted by molar-refractivity contribution is 5.80. The number of rotatable bonds is 7. The van der Waals surface area contributed by atoms with Gasteiger partial charge in [-0.1, -0.05) is 0 Å². The van der Waals surface area contributed by atoms with E-state index in [1.807, 2.05) is 0 Å². The third-order valence-corrected chi connectivity index (χ3v) is 6.70. The normalized spacial score (nSPS) is 36.2. The molecule has 4 nitrogen and oxygen atoms in total. The summed E-state index contributed by atoms with van der Waals surface area (Å²) in [5.74, 6) is 2.93. The van der Waals surface area contributed by atoms with Gasteiger partial charge in [-0.2, -0.15) is 0 Å². The van der Waals surface area contributed by atoms with Crippen molar-refractivity contribution in [2.24, 2.45) is 23.2 Å². The number of nitrogens with two attached hydrogens (primary N) is 1. The Morgan fingerprint density at radius 1 is 1.17 bits per heavy atom. The number of carbonyl (C=O) groups is 1. The van der Waals surface area contributed by atoms with Crippen LogP contribution in [-0.2, 0) is 4.79 Å². The molecule has 0 spiro atoms. The maximum absolute atomic E-state index is 12.8. The van der Waals surface area contributed by atoms with Gasteiger partial charge < -0.3 is 15.5 Å². The first kappa shape index (κ1) is 18.2. The average molecular weight is 338 g/mol. The molecule has 0 unspecified atom stereocenters. The number of nitrogens with one attached hydrogen (secondary N) is 2. The number of quaternary nitrogens is 2. The van der Waals surface area contributed by atoms with Gasteiger partial charge in [0.25, 0.3) is 5.91 Å². The monoisotopic (exact) mass is 337 g/mol. The fraction of sp³-hybridized carbons (Fsp3) is 0.950. The molecular formula is C20H39N3O+2. The zero-order valence-electron chi connectivity index (χ0n) is 16.5. The van der Waals surface area contributed by atoms with Crippen molar-refractivity contribution in [3.8, 4) is 0 Å². The predicted molar refractivity (Wildman–Crippen MR) is 96.8 cm³/mol.